The number of hydrogen-bond acceptors (Lipinski definition) is 1. The summed E-state index contributed by atoms with van der Waals surface area (Å²) in [4.78, 5) is 14.7. The van der Waals surface area contributed by atoms with E-state index in [2.05, 4.69) is 0 Å². The van der Waals surface area contributed by atoms with Gasteiger partial charge in [0, 0.05) is 41.8 Å². The van der Waals surface area contributed by atoms with Crippen LogP contribution in [-0.4, -0.2) is 21.4 Å². The predicted octanol–water partition coefficient (Wildman–Crippen LogP) is 4.42. The van der Waals surface area contributed by atoms with Crippen LogP contribution in [0.3, 0.4) is 0 Å². The Bertz CT molecular complexity index is 867. The number of carbonyl (C=O) groups excluding carboxylic acids is 1. The Morgan fingerprint density at radius 3 is 2.32 bits per heavy atom. The highest BCUT2D eigenvalue weighted by Crippen LogP contribution is 2.30. The van der Waals surface area contributed by atoms with E-state index in [9.17, 15) is 9.18 Å². The second kappa shape index (κ2) is 6.55. The molecule has 4 rings (SSSR count). The number of aromatic nitrogens is 1. The lowest BCUT2D eigenvalue weighted by molar-refractivity contribution is 0.0728. The lowest BCUT2D eigenvalue weighted by Gasteiger charge is -2.23. The van der Waals surface area contributed by atoms with E-state index in [1.54, 1.807) is 23.1 Å². The molecule has 2 aromatic carbocycles. The molecule has 1 aliphatic rings. The number of halogens is 1. The molecular weight excluding hydrogens is 315 g/mol. The van der Waals surface area contributed by atoms with Crippen molar-refractivity contribution in [3.8, 4) is 5.69 Å². The highest BCUT2D eigenvalue weighted by molar-refractivity contribution is 5.94. The fraction of sp³-hybridized carbons (Fsp3) is 0.190. The second-order valence-corrected chi connectivity index (χ2v) is 6.39. The first-order chi connectivity index (χ1) is 12.2. The van der Waals surface area contributed by atoms with Crippen molar-refractivity contribution in [3.63, 3.8) is 0 Å². The number of amides is 1. The van der Waals surface area contributed by atoms with Gasteiger partial charge in [0.15, 0.2) is 0 Å². The third-order valence-corrected chi connectivity index (χ3v) is 4.56. The molecule has 0 aliphatic heterocycles. The minimum atomic E-state index is -0.260. The van der Waals surface area contributed by atoms with Gasteiger partial charge >= 0.3 is 0 Å². The second-order valence-electron chi connectivity index (χ2n) is 6.39. The first kappa shape index (κ1) is 15.6. The van der Waals surface area contributed by atoms with E-state index < -0.39 is 0 Å². The number of benzene rings is 2. The van der Waals surface area contributed by atoms with Gasteiger partial charge in [0.25, 0.3) is 5.91 Å². The quantitative estimate of drug-likeness (QED) is 0.678. The lowest BCUT2D eigenvalue weighted by Crippen LogP contribution is -2.32. The first-order valence-electron chi connectivity index (χ1n) is 8.50. The van der Waals surface area contributed by atoms with Gasteiger partial charge in [0.05, 0.1) is 0 Å². The zero-order valence-electron chi connectivity index (χ0n) is 13.8. The van der Waals surface area contributed by atoms with Crippen LogP contribution < -0.4 is 0 Å². The predicted molar refractivity (Wildman–Crippen MR) is 95.1 cm³/mol. The molecule has 0 N–H and O–H groups in total. The van der Waals surface area contributed by atoms with Gasteiger partial charge in [-0.15, -0.1) is 0 Å². The number of hydrogen-bond donors (Lipinski definition) is 0. The van der Waals surface area contributed by atoms with Gasteiger partial charge in [-0.05, 0) is 55.3 Å². The highest BCUT2D eigenvalue weighted by atomic mass is 19.1. The number of carbonyl (C=O) groups is 1. The van der Waals surface area contributed by atoms with Gasteiger partial charge in [-0.3, -0.25) is 4.79 Å². The minimum absolute atomic E-state index is 0.0372. The molecule has 126 valence electrons. The molecule has 0 atom stereocenters. The molecule has 1 aromatic heterocycles. The third kappa shape index (κ3) is 3.33. The average Bonchev–Trinajstić information content (AvgIpc) is 3.33. The van der Waals surface area contributed by atoms with Crippen molar-refractivity contribution < 1.29 is 9.18 Å². The first-order valence-corrected chi connectivity index (χ1v) is 8.50. The van der Waals surface area contributed by atoms with Crippen LogP contribution in [0.4, 0.5) is 4.39 Å². The summed E-state index contributed by atoms with van der Waals surface area (Å²) in [6.07, 6.45) is 5.90. The van der Waals surface area contributed by atoms with E-state index in [4.69, 9.17) is 0 Å². The lowest BCUT2D eigenvalue weighted by atomic mass is 10.1. The van der Waals surface area contributed by atoms with E-state index in [1.165, 1.54) is 6.07 Å². The zero-order valence-corrected chi connectivity index (χ0v) is 13.8. The van der Waals surface area contributed by atoms with E-state index in [-0.39, 0.29) is 17.8 Å². The van der Waals surface area contributed by atoms with Crippen molar-refractivity contribution in [2.24, 2.45) is 0 Å². The van der Waals surface area contributed by atoms with E-state index in [0.717, 1.165) is 18.5 Å². The molecule has 0 unspecified atom stereocenters. The van der Waals surface area contributed by atoms with Crippen molar-refractivity contribution in [2.75, 3.05) is 0 Å². The van der Waals surface area contributed by atoms with Gasteiger partial charge in [-0.25, -0.2) is 4.39 Å². The van der Waals surface area contributed by atoms with Crippen LogP contribution in [0, 0.1) is 5.82 Å². The fourth-order valence-electron chi connectivity index (χ4n) is 3.01. The van der Waals surface area contributed by atoms with Crippen molar-refractivity contribution in [1.82, 2.24) is 9.47 Å². The standard InChI is InChI=1S/C21H19FN2O/c22-20-6-2-1-5-17(20)15-24(19-11-12-19)21(25)16-7-9-18(10-8-16)23-13-3-4-14-23/h1-10,13-14,19H,11-12,15H2. The van der Waals surface area contributed by atoms with E-state index in [0.29, 0.717) is 17.7 Å². The Hall–Kier alpha value is -2.88. The fourth-order valence-corrected chi connectivity index (χ4v) is 3.01. The molecule has 1 amide bonds. The molecule has 0 bridgehead atoms. The van der Waals surface area contributed by atoms with E-state index in [1.807, 2.05) is 53.4 Å². The monoisotopic (exact) mass is 334 g/mol. The molecule has 3 aromatic rings. The number of rotatable bonds is 5. The molecule has 1 saturated carbocycles. The summed E-state index contributed by atoms with van der Waals surface area (Å²) in [6, 6.07) is 18.3. The normalized spacial score (nSPS) is 13.6. The smallest absolute Gasteiger partial charge is 0.254 e. The molecular formula is C21H19FN2O. The maximum atomic E-state index is 14.0. The van der Waals surface area contributed by atoms with Crippen LogP contribution in [0.5, 0.6) is 0 Å². The van der Waals surface area contributed by atoms with Crippen molar-refractivity contribution >= 4 is 5.91 Å². The Morgan fingerprint density at radius 1 is 1.00 bits per heavy atom. The molecule has 0 saturated heterocycles. The molecule has 25 heavy (non-hydrogen) atoms. The Morgan fingerprint density at radius 2 is 1.68 bits per heavy atom. The molecule has 0 radical (unpaired) electrons. The topological polar surface area (TPSA) is 25.2 Å². The van der Waals surface area contributed by atoms with Crippen molar-refractivity contribution in [2.45, 2.75) is 25.4 Å². The van der Waals surface area contributed by atoms with Crippen LogP contribution >= 0.6 is 0 Å². The maximum Gasteiger partial charge on any atom is 0.254 e. The zero-order chi connectivity index (χ0) is 17.2. The van der Waals surface area contributed by atoms with Gasteiger partial charge in [0.2, 0.25) is 0 Å². The van der Waals surface area contributed by atoms with Gasteiger partial charge in [-0.1, -0.05) is 18.2 Å². The van der Waals surface area contributed by atoms with Crippen LogP contribution in [-0.2, 0) is 6.54 Å². The Kier molecular flexibility index (Phi) is 4.10. The summed E-state index contributed by atoms with van der Waals surface area (Å²) in [7, 11) is 0. The van der Waals surface area contributed by atoms with Crippen molar-refractivity contribution in [3.05, 3.63) is 90.0 Å². The third-order valence-electron chi connectivity index (χ3n) is 4.56. The summed E-state index contributed by atoms with van der Waals surface area (Å²) < 4.78 is 16.0. The molecule has 1 heterocycles. The summed E-state index contributed by atoms with van der Waals surface area (Å²) in [5, 5.41) is 0. The van der Waals surface area contributed by atoms with Crippen molar-refractivity contribution in [1.29, 1.82) is 0 Å². The van der Waals surface area contributed by atoms with Gasteiger partial charge in [0.1, 0.15) is 5.82 Å². The molecule has 3 nitrogen and oxygen atoms in total. The average molecular weight is 334 g/mol. The minimum Gasteiger partial charge on any atom is -0.331 e. The molecule has 1 fully saturated rings. The maximum absolute atomic E-state index is 14.0. The number of nitrogens with zero attached hydrogens (tertiary/aromatic N) is 2. The Balaban J connectivity index is 1.56. The molecule has 1 aliphatic carbocycles. The summed E-state index contributed by atoms with van der Waals surface area (Å²) in [5.41, 5.74) is 2.21. The van der Waals surface area contributed by atoms with Crippen LogP contribution in [0.1, 0.15) is 28.8 Å². The van der Waals surface area contributed by atoms with E-state index >= 15 is 0 Å². The summed E-state index contributed by atoms with van der Waals surface area (Å²) in [5.74, 6) is -0.297. The van der Waals surface area contributed by atoms with Crippen LogP contribution in [0.2, 0.25) is 0 Å². The largest absolute Gasteiger partial charge is 0.331 e. The SMILES string of the molecule is O=C(c1ccc(-n2cccc2)cc1)N(Cc1ccccc1F)C1CC1. The summed E-state index contributed by atoms with van der Waals surface area (Å²) in [6.45, 7) is 0.315. The highest BCUT2D eigenvalue weighted by Gasteiger charge is 2.33. The van der Waals surface area contributed by atoms with Gasteiger partial charge < -0.3 is 9.47 Å². The summed E-state index contributed by atoms with van der Waals surface area (Å²) >= 11 is 0. The Labute approximate surface area is 146 Å². The molecule has 0 spiro atoms. The van der Waals surface area contributed by atoms with Crippen LogP contribution in [0.15, 0.2) is 73.1 Å². The van der Waals surface area contributed by atoms with Gasteiger partial charge in [-0.2, -0.15) is 0 Å². The molecule has 4 heteroatoms. The van der Waals surface area contributed by atoms with Crippen LogP contribution in [0.25, 0.3) is 5.69 Å².